The quantitative estimate of drug-likeness (QED) is 0.666. The van der Waals surface area contributed by atoms with Crippen LogP contribution in [0.3, 0.4) is 0 Å². The van der Waals surface area contributed by atoms with Crippen molar-refractivity contribution in [1.29, 1.82) is 0 Å². The highest BCUT2D eigenvalue weighted by Gasteiger charge is 2.25. The molecule has 2 N–H and O–H groups in total. The van der Waals surface area contributed by atoms with E-state index in [0.29, 0.717) is 37.3 Å². The maximum absolute atomic E-state index is 15.0. The molecule has 0 saturated carbocycles. The Morgan fingerprint density at radius 3 is 2.79 bits per heavy atom. The number of halogens is 2. The molecule has 2 heterocycles. The third kappa shape index (κ3) is 3.30. The minimum atomic E-state index is -0.917. The second-order valence-corrected chi connectivity index (χ2v) is 7.29. The van der Waals surface area contributed by atoms with Crippen molar-refractivity contribution < 1.29 is 13.6 Å². The zero-order valence-corrected chi connectivity index (χ0v) is 15.6. The van der Waals surface area contributed by atoms with E-state index in [1.807, 2.05) is 6.07 Å². The van der Waals surface area contributed by atoms with Crippen LogP contribution in [0.2, 0.25) is 0 Å². The average Bonchev–Trinajstić information content (AvgIpc) is 3.11. The number of piperazine rings is 1. The lowest BCUT2D eigenvalue weighted by molar-refractivity contribution is 0.101. The van der Waals surface area contributed by atoms with E-state index in [-0.39, 0.29) is 10.8 Å². The number of nitrogens with zero attached hydrogens (tertiary/aromatic N) is 2. The molecule has 0 spiro atoms. The van der Waals surface area contributed by atoms with Crippen molar-refractivity contribution in [2.45, 2.75) is 0 Å². The van der Waals surface area contributed by atoms with Crippen molar-refractivity contribution in [2.24, 2.45) is 0 Å². The molecule has 1 aliphatic heterocycles. The van der Waals surface area contributed by atoms with Crippen LogP contribution in [0.25, 0.3) is 10.2 Å². The van der Waals surface area contributed by atoms with Crippen LogP contribution < -0.4 is 15.5 Å². The van der Waals surface area contributed by atoms with Crippen LogP contribution in [-0.2, 0) is 0 Å². The van der Waals surface area contributed by atoms with Gasteiger partial charge in [-0.1, -0.05) is 23.3 Å². The molecule has 2 aromatic carbocycles. The molecule has 0 unspecified atom stereocenters. The van der Waals surface area contributed by atoms with Gasteiger partial charge >= 0.3 is 0 Å². The number of hydrogen-bond acceptors (Lipinski definition) is 5. The standard InChI is InChI=1S/C20H16F2N4OS/c1-2-12-4-3-5-15-18(12)24-20(28-15)25-19(27)16-13(21)6-7-14(17(16)22)26-10-8-23-9-11-26/h1,3-7,23H,8-11H2,(H,24,25,27). The second kappa shape index (κ2) is 7.54. The summed E-state index contributed by atoms with van der Waals surface area (Å²) < 4.78 is 30.1. The highest BCUT2D eigenvalue weighted by molar-refractivity contribution is 7.22. The summed E-state index contributed by atoms with van der Waals surface area (Å²) in [6, 6.07) is 7.82. The molecule has 0 aliphatic carbocycles. The minimum Gasteiger partial charge on any atom is -0.367 e. The van der Waals surface area contributed by atoms with E-state index in [1.54, 1.807) is 17.0 Å². The van der Waals surface area contributed by atoms with Gasteiger partial charge in [-0.3, -0.25) is 10.1 Å². The summed E-state index contributed by atoms with van der Waals surface area (Å²) in [6.07, 6.45) is 5.46. The average molecular weight is 398 g/mol. The minimum absolute atomic E-state index is 0.215. The third-order valence-electron chi connectivity index (χ3n) is 4.55. The molecule has 3 aromatic rings. The second-order valence-electron chi connectivity index (χ2n) is 6.26. The van der Waals surface area contributed by atoms with Crippen molar-refractivity contribution in [3.8, 4) is 12.3 Å². The topological polar surface area (TPSA) is 57.3 Å². The predicted molar refractivity (Wildman–Crippen MR) is 107 cm³/mol. The summed E-state index contributed by atoms with van der Waals surface area (Å²) in [7, 11) is 0. The van der Waals surface area contributed by atoms with E-state index in [1.165, 1.54) is 17.4 Å². The molecule has 142 valence electrons. The maximum Gasteiger partial charge on any atom is 0.263 e. The van der Waals surface area contributed by atoms with Gasteiger partial charge in [0, 0.05) is 26.2 Å². The number of para-hydroxylation sites is 1. The van der Waals surface area contributed by atoms with Crippen LogP contribution in [-0.4, -0.2) is 37.1 Å². The Bertz CT molecular complexity index is 1100. The van der Waals surface area contributed by atoms with Gasteiger partial charge in [-0.15, -0.1) is 6.42 Å². The van der Waals surface area contributed by atoms with Gasteiger partial charge in [0.1, 0.15) is 11.4 Å². The van der Waals surface area contributed by atoms with E-state index in [9.17, 15) is 13.6 Å². The van der Waals surface area contributed by atoms with Crippen LogP contribution in [0.4, 0.5) is 19.6 Å². The summed E-state index contributed by atoms with van der Waals surface area (Å²) in [6.45, 7) is 2.55. The van der Waals surface area contributed by atoms with E-state index < -0.39 is 23.1 Å². The van der Waals surface area contributed by atoms with Gasteiger partial charge in [0.2, 0.25) is 0 Å². The van der Waals surface area contributed by atoms with Gasteiger partial charge in [-0.05, 0) is 24.3 Å². The molecular formula is C20H16F2N4OS. The number of thiazole rings is 1. The summed E-state index contributed by atoms with van der Waals surface area (Å²) >= 11 is 1.19. The highest BCUT2D eigenvalue weighted by atomic mass is 32.1. The fourth-order valence-corrected chi connectivity index (χ4v) is 4.07. The molecule has 5 nitrogen and oxygen atoms in total. The number of nitrogens with one attached hydrogen (secondary N) is 2. The Labute approximate surface area is 164 Å². The number of amides is 1. The van der Waals surface area contributed by atoms with Gasteiger partial charge in [0.15, 0.2) is 10.9 Å². The first-order valence-electron chi connectivity index (χ1n) is 8.69. The summed E-state index contributed by atoms with van der Waals surface area (Å²) in [4.78, 5) is 18.7. The molecule has 1 amide bonds. The third-order valence-corrected chi connectivity index (χ3v) is 5.49. The van der Waals surface area contributed by atoms with Gasteiger partial charge in [0.05, 0.1) is 21.5 Å². The summed E-state index contributed by atoms with van der Waals surface area (Å²) in [5.41, 5.74) is 0.757. The Balaban J connectivity index is 1.66. The van der Waals surface area contributed by atoms with Crippen LogP contribution in [0.1, 0.15) is 15.9 Å². The van der Waals surface area contributed by atoms with Crippen LogP contribution in [0.5, 0.6) is 0 Å². The fourth-order valence-electron chi connectivity index (χ4n) is 3.18. The first kappa shape index (κ1) is 18.3. The number of terminal acetylenes is 1. The normalized spacial score (nSPS) is 14.1. The molecule has 28 heavy (non-hydrogen) atoms. The number of hydrogen-bond donors (Lipinski definition) is 2. The number of anilines is 2. The molecule has 1 saturated heterocycles. The first-order valence-corrected chi connectivity index (χ1v) is 9.51. The molecule has 8 heteroatoms. The summed E-state index contributed by atoms with van der Waals surface area (Å²) in [5.74, 6) is -0.138. The molecule has 1 aromatic heterocycles. The molecule has 0 radical (unpaired) electrons. The van der Waals surface area contributed by atoms with Gasteiger partial charge in [0.25, 0.3) is 5.91 Å². The Morgan fingerprint density at radius 1 is 1.25 bits per heavy atom. The SMILES string of the molecule is C#Cc1cccc2sc(NC(=O)c3c(F)ccc(N4CCNCC4)c3F)nc12. The van der Waals surface area contributed by atoms with Crippen LogP contribution in [0, 0.1) is 24.0 Å². The van der Waals surface area contributed by atoms with Crippen molar-refractivity contribution in [3.05, 3.63) is 53.1 Å². The largest absolute Gasteiger partial charge is 0.367 e. The molecule has 1 aliphatic rings. The van der Waals surface area contributed by atoms with Gasteiger partial charge < -0.3 is 10.2 Å². The molecule has 4 rings (SSSR count). The number of aromatic nitrogens is 1. The maximum atomic E-state index is 15.0. The zero-order chi connectivity index (χ0) is 19.7. The summed E-state index contributed by atoms with van der Waals surface area (Å²) in [5, 5.41) is 5.90. The van der Waals surface area contributed by atoms with Crippen molar-refractivity contribution in [2.75, 3.05) is 36.4 Å². The van der Waals surface area contributed by atoms with Crippen LogP contribution in [0.15, 0.2) is 30.3 Å². The van der Waals surface area contributed by atoms with Crippen molar-refractivity contribution in [3.63, 3.8) is 0 Å². The number of rotatable bonds is 3. The Hall–Kier alpha value is -3.02. The van der Waals surface area contributed by atoms with E-state index in [0.717, 1.165) is 10.8 Å². The Kier molecular flexibility index (Phi) is 4.94. The lowest BCUT2D eigenvalue weighted by Crippen LogP contribution is -2.44. The van der Waals surface area contributed by atoms with E-state index >= 15 is 0 Å². The van der Waals surface area contributed by atoms with E-state index in [2.05, 4.69) is 21.5 Å². The molecule has 1 fully saturated rings. The zero-order valence-electron chi connectivity index (χ0n) is 14.8. The predicted octanol–water partition coefficient (Wildman–Crippen LogP) is 3.22. The lowest BCUT2D eigenvalue weighted by atomic mass is 10.1. The number of carbonyl (C=O) groups is 1. The molecule has 0 bridgehead atoms. The lowest BCUT2D eigenvalue weighted by Gasteiger charge is -2.30. The van der Waals surface area contributed by atoms with Crippen molar-refractivity contribution in [1.82, 2.24) is 10.3 Å². The molecule has 0 atom stereocenters. The smallest absolute Gasteiger partial charge is 0.263 e. The van der Waals surface area contributed by atoms with Gasteiger partial charge in [-0.25, -0.2) is 13.8 Å². The highest BCUT2D eigenvalue weighted by Crippen LogP contribution is 2.30. The first-order chi connectivity index (χ1) is 13.6. The van der Waals surface area contributed by atoms with Gasteiger partial charge in [-0.2, -0.15) is 0 Å². The molecular weight excluding hydrogens is 382 g/mol. The number of benzene rings is 2. The van der Waals surface area contributed by atoms with E-state index in [4.69, 9.17) is 6.42 Å². The Morgan fingerprint density at radius 2 is 2.04 bits per heavy atom. The number of carbonyl (C=O) groups excluding carboxylic acids is 1. The monoisotopic (exact) mass is 398 g/mol. The fraction of sp³-hybridized carbons (Fsp3) is 0.200. The number of fused-ring (bicyclic) bond motifs is 1. The van der Waals surface area contributed by atoms with Crippen LogP contribution >= 0.6 is 11.3 Å². The van der Waals surface area contributed by atoms with Crippen molar-refractivity contribution >= 4 is 38.3 Å².